The van der Waals surface area contributed by atoms with E-state index in [0.29, 0.717) is 13.1 Å². The maximum atomic E-state index is 10.8. The molecular weight excluding hydrogens is 214 g/mol. The summed E-state index contributed by atoms with van der Waals surface area (Å²) in [6.45, 7) is 0.637. The second kappa shape index (κ2) is 5.08. The maximum absolute atomic E-state index is 10.8. The summed E-state index contributed by atoms with van der Waals surface area (Å²) in [6, 6.07) is 4.07. The molecule has 1 aromatic rings. The number of hydrogen-bond acceptors (Lipinski definition) is 5. The molecule has 0 aliphatic rings. The number of hydrogen-bond donors (Lipinski definition) is 3. The number of benzene rings is 1. The lowest BCUT2D eigenvalue weighted by atomic mass is 10.1. The van der Waals surface area contributed by atoms with Crippen LogP contribution in [0.3, 0.4) is 0 Å². The largest absolute Gasteiger partial charge is 0.477 e. The molecule has 7 nitrogen and oxygen atoms in total. The molecule has 0 bridgehead atoms. The van der Waals surface area contributed by atoms with E-state index in [1.807, 2.05) is 0 Å². The summed E-state index contributed by atoms with van der Waals surface area (Å²) < 4.78 is 0. The third-order valence-corrected chi connectivity index (χ3v) is 1.91. The van der Waals surface area contributed by atoms with Gasteiger partial charge in [0.05, 0.1) is 4.92 Å². The Kier molecular flexibility index (Phi) is 3.78. The molecule has 0 radical (unpaired) electrons. The van der Waals surface area contributed by atoms with Crippen LogP contribution in [0.2, 0.25) is 0 Å². The molecule has 0 spiro atoms. The first-order chi connectivity index (χ1) is 7.57. The molecule has 7 heteroatoms. The number of nitrogens with two attached hydrogens (primary N) is 1. The summed E-state index contributed by atoms with van der Waals surface area (Å²) in [4.78, 5) is 20.9. The van der Waals surface area contributed by atoms with Crippen LogP contribution >= 0.6 is 0 Å². The second-order valence-corrected chi connectivity index (χ2v) is 2.98. The van der Waals surface area contributed by atoms with Gasteiger partial charge < -0.3 is 16.2 Å². The highest BCUT2D eigenvalue weighted by molar-refractivity contribution is 5.95. The molecule has 0 unspecified atom stereocenters. The number of nitro benzene ring substituents is 1. The minimum atomic E-state index is -1.33. The molecule has 4 N–H and O–H groups in total. The fraction of sp³-hybridized carbons (Fsp3) is 0.222. The Balaban J connectivity index is 3.21. The highest BCUT2D eigenvalue weighted by Crippen LogP contribution is 2.28. The van der Waals surface area contributed by atoms with E-state index in [4.69, 9.17) is 10.8 Å². The summed E-state index contributed by atoms with van der Waals surface area (Å²) in [7, 11) is 0. The zero-order chi connectivity index (χ0) is 12.1. The van der Waals surface area contributed by atoms with Gasteiger partial charge in [0.1, 0.15) is 11.3 Å². The third kappa shape index (κ3) is 2.45. The average Bonchev–Trinajstić information content (AvgIpc) is 2.25. The van der Waals surface area contributed by atoms with Gasteiger partial charge in [-0.2, -0.15) is 0 Å². The van der Waals surface area contributed by atoms with E-state index in [2.05, 4.69) is 5.32 Å². The van der Waals surface area contributed by atoms with Crippen LogP contribution in [0.15, 0.2) is 18.2 Å². The molecular formula is C9H11N3O4. The molecule has 0 heterocycles. The number of anilines is 1. The maximum Gasteiger partial charge on any atom is 0.342 e. The topological polar surface area (TPSA) is 118 Å². The Morgan fingerprint density at radius 3 is 2.75 bits per heavy atom. The van der Waals surface area contributed by atoms with Crippen LogP contribution in [-0.4, -0.2) is 29.1 Å². The normalized spacial score (nSPS) is 9.81. The van der Waals surface area contributed by atoms with Gasteiger partial charge in [-0.1, -0.05) is 6.07 Å². The molecule has 0 saturated carbocycles. The van der Waals surface area contributed by atoms with Crippen molar-refractivity contribution in [1.82, 2.24) is 0 Å². The predicted octanol–water partition coefficient (Wildman–Crippen LogP) is 0.664. The van der Waals surface area contributed by atoms with Crippen molar-refractivity contribution in [3.63, 3.8) is 0 Å². The Morgan fingerprint density at radius 1 is 1.56 bits per heavy atom. The Hall–Kier alpha value is -2.15. The van der Waals surface area contributed by atoms with Crippen molar-refractivity contribution in [2.75, 3.05) is 18.4 Å². The quantitative estimate of drug-likeness (QED) is 0.500. The summed E-state index contributed by atoms with van der Waals surface area (Å²) >= 11 is 0. The van der Waals surface area contributed by atoms with Crippen LogP contribution in [0.5, 0.6) is 0 Å². The lowest BCUT2D eigenvalue weighted by molar-refractivity contribution is -0.384. The number of nitro groups is 1. The lowest BCUT2D eigenvalue weighted by Gasteiger charge is -2.06. The number of carboxylic acid groups (broad SMARTS) is 1. The van der Waals surface area contributed by atoms with Gasteiger partial charge in [0.25, 0.3) is 0 Å². The number of aromatic carboxylic acids is 1. The molecule has 0 aliphatic carbocycles. The number of para-hydroxylation sites is 1. The number of nitrogens with zero attached hydrogens (tertiary/aromatic N) is 1. The first kappa shape index (κ1) is 11.9. The van der Waals surface area contributed by atoms with Gasteiger partial charge in [-0.25, -0.2) is 4.79 Å². The number of rotatable bonds is 5. The zero-order valence-corrected chi connectivity index (χ0v) is 8.34. The Labute approximate surface area is 91.0 Å². The van der Waals surface area contributed by atoms with Crippen LogP contribution in [0.4, 0.5) is 11.4 Å². The minimum Gasteiger partial charge on any atom is -0.477 e. The zero-order valence-electron chi connectivity index (χ0n) is 8.34. The molecule has 0 aliphatic heterocycles. The van der Waals surface area contributed by atoms with E-state index in [1.165, 1.54) is 18.2 Å². The van der Waals surface area contributed by atoms with Gasteiger partial charge in [0, 0.05) is 13.1 Å². The summed E-state index contributed by atoms with van der Waals surface area (Å²) in [6.07, 6.45) is 0. The fourth-order valence-electron chi connectivity index (χ4n) is 1.26. The van der Waals surface area contributed by atoms with E-state index in [1.54, 1.807) is 0 Å². The summed E-state index contributed by atoms with van der Waals surface area (Å²) in [5.74, 6) is -1.33. The highest BCUT2D eigenvalue weighted by atomic mass is 16.6. The second-order valence-electron chi connectivity index (χ2n) is 2.98. The molecule has 1 rings (SSSR count). The van der Waals surface area contributed by atoms with Gasteiger partial charge in [-0.3, -0.25) is 10.1 Å². The summed E-state index contributed by atoms with van der Waals surface area (Å²) in [5, 5.41) is 22.3. The smallest absolute Gasteiger partial charge is 0.342 e. The standard InChI is InChI=1S/C9H11N3O4/c10-4-5-11-7-3-1-2-6(9(13)14)8(7)12(15)16/h1-3,11H,4-5,10H2,(H,13,14). The van der Waals surface area contributed by atoms with Crippen molar-refractivity contribution >= 4 is 17.3 Å². The van der Waals surface area contributed by atoms with E-state index in [0.717, 1.165) is 0 Å². The number of carboxylic acids is 1. The van der Waals surface area contributed by atoms with Gasteiger partial charge in [-0.15, -0.1) is 0 Å². The van der Waals surface area contributed by atoms with Crippen LogP contribution in [0.25, 0.3) is 0 Å². The van der Waals surface area contributed by atoms with Crippen LogP contribution < -0.4 is 11.1 Å². The molecule has 16 heavy (non-hydrogen) atoms. The molecule has 0 atom stereocenters. The van der Waals surface area contributed by atoms with E-state index in [9.17, 15) is 14.9 Å². The van der Waals surface area contributed by atoms with Crippen LogP contribution in [-0.2, 0) is 0 Å². The highest BCUT2D eigenvalue weighted by Gasteiger charge is 2.23. The molecule has 0 amide bonds. The minimum absolute atomic E-state index is 0.162. The third-order valence-electron chi connectivity index (χ3n) is 1.91. The van der Waals surface area contributed by atoms with Crippen LogP contribution in [0, 0.1) is 10.1 Å². The molecule has 1 aromatic carbocycles. The van der Waals surface area contributed by atoms with Gasteiger partial charge in [-0.05, 0) is 12.1 Å². The SMILES string of the molecule is NCCNc1cccc(C(=O)O)c1[N+](=O)[O-]. The van der Waals surface area contributed by atoms with Crippen molar-refractivity contribution < 1.29 is 14.8 Å². The van der Waals surface area contributed by atoms with E-state index >= 15 is 0 Å². The predicted molar refractivity (Wildman–Crippen MR) is 57.6 cm³/mol. The molecule has 86 valence electrons. The van der Waals surface area contributed by atoms with Crippen molar-refractivity contribution in [2.24, 2.45) is 5.73 Å². The van der Waals surface area contributed by atoms with Crippen molar-refractivity contribution in [3.05, 3.63) is 33.9 Å². The molecule has 0 aromatic heterocycles. The Bertz CT molecular complexity index is 419. The fourth-order valence-corrected chi connectivity index (χ4v) is 1.26. The van der Waals surface area contributed by atoms with Crippen molar-refractivity contribution in [1.29, 1.82) is 0 Å². The van der Waals surface area contributed by atoms with Crippen LogP contribution in [0.1, 0.15) is 10.4 Å². The monoisotopic (exact) mass is 225 g/mol. The van der Waals surface area contributed by atoms with Crippen molar-refractivity contribution in [2.45, 2.75) is 0 Å². The average molecular weight is 225 g/mol. The molecule has 0 fully saturated rings. The van der Waals surface area contributed by atoms with E-state index < -0.39 is 16.6 Å². The first-order valence-electron chi connectivity index (χ1n) is 4.52. The van der Waals surface area contributed by atoms with Gasteiger partial charge in [0.2, 0.25) is 0 Å². The number of nitrogens with one attached hydrogen (secondary N) is 1. The lowest BCUT2D eigenvalue weighted by Crippen LogP contribution is -2.15. The van der Waals surface area contributed by atoms with Crippen molar-refractivity contribution in [3.8, 4) is 0 Å². The Morgan fingerprint density at radius 2 is 2.25 bits per heavy atom. The van der Waals surface area contributed by atoms with Gasteiger partial charge >= 0.3 is 11.7 Å². The van der Waals surface area contributed by atoms with Gasteiger partial charge in [0.15, 0.2) is 0 Å². The summed E-state index contributed by atoms with van der Waals surface area (Å²) in [5.41, 5.74) is 4.63. The van der Waals surface area contributed by atoms with E-state index in [-0.39, 0.29) is 11.3 Å². The first-order valence-corrected chi connectivity index (χ1v) is 4.52. The number of carbonyl (C=O) groups is 1. The molecule has 0 saturated heterocycles.